The van der Waals surface area contributed by atoms with Gasteiger partial charge >= 0.3 is 0 Å². The third kappa shape index (κ3) is 2.99. The van der Waals surface area contributed by atoms with Gasteiger partial charge < -0.3 is 10.0 Å². The van der Waals surface area contributed by atoms with Gasteiger partial charge in [0.2, 0.25) is 0 Å². The Balaban J connectivity index is 2.66. The van der Waals surface area contributed by atoms with E-state index in [9.17, 15) is 0 Å². The minimum absolute atomic E-state index is 0.354. The van der Waals surface area contributed by atoms with Crippen molar-refractivity contribution < 1.29 is 5.11 Å². The molecular weight excluding hydrogens is 166 g/mol. The molecule has 4 nitrogen and oxygen atoms in total. The maximum absolute atomic E-state index is 9.15. The number of nitrogens with zero attached hydrogens (tertiary/aromatic N) is 3. The number of aromatic nitrogens is 2. The van der Waals surface area contributed by atoms with Gasteiger partial charge in [0.1, 0.15) is 0 Å². The van der Waals surface area contributed by atoms with E-state index in [1.54, 1.807) is 6.92 Å². The van der Waals surface area contributed by atoms with Crippen molar-refractivity contribution >= 4 is 5.82 Å². The minimum Gasteiger partial charge on any atom is -0.392 e. The van der Waals surface area contributed by atoms with Crippen LogP contribution in [0.4, 0.5) is 5.82 Å². The summed E-state index contributed by atoms with van der Waals surface area (Å²) in [7, 11) is 1.88. The predicted octanol–water partition coefficient (Wildman–Crippen LogP) is 0.602. The molecule has 1 aromatic rings. The Morgan fingerprint density at radius 2 is 2.15 bits per heavy atom. The largest absolute Gasteiger partial charge is 0.392 e. The minimum atomic E-state index is -0.354. The van der Waals surface area contributed by atoms with Gasteiger partial charge in [0.15, 0.2) is 5.82 Å². The van der Waals surface area contributed by atoms with Gasteiger partial charge in [-0.1, -0.05) is 0 Å². The van der Waals surface area contributed by atoms with E-state index in [0.29, 0.717) is 6.54 Å². The van der Waals surface area contributed by atoms with Gasteiger partial charge in [-0.05, 0) is 26.0 Å². The van der Waals surface area contributed by atoms with E-state index in [-0.39, 0.29) is 6.10 Å². The molecule has 1 aromatic heterocycles. The van der Waals surface area contributed by atoms with Gasteiger partial charge in [0, 0.05) is 13.6 Å². The van der Waals surface area contributed by atoms with Crippen molar-refractivity contribution in [3.05, 3.63) is 17.8 Å². The Kier molecular flexibility index (Phi) is 3.19. The molecule has 72 valence electrons. The zero-order chi connectivity index (χ0) is 9.84. The number of hydrogen-bond acceptors (Lipinski definition) is 4. The highest BCUT2D eigenvalue weighted by Crippen LogP contribution is 2.06. The highest BCUT2D eigenvalue weighted by atomic mass is 16.3. The Hall–Kier alpha value is -1.16. The Morgan fingerprint density at radius 1 is 1.46 bits per heavy atom. The molecule has 0 aromatic carbocycles. The lowest BCUT2D eigenvalue weighted by Crippen LogP contribution is -2.27. The zero-order valence-electron chi connectivity index (χ0n) is 8.23. The molecular formula is C9H15N3O. The van der Waals surface area contributed by atoms with Crippen molar-refractivity contribution in [1.29, 1.82) is 0 Å². The zero-order valence-corrected chi connectivity index (χ0v) is 8.23. The SMILES string of the molecule is Cc1ccc(N(C)CC(C)O)nn1. The van der Waals surface area contributed by atoms with Crippen LogP contribution < -0.4 is 4.90 Å². The van der Waals surface area contributed by atoms with E-state index in [1.807, 2.05) is 31.0 Å². The monoisotopic (exact) mass is 181 g/mol. The van der Waals surface area contributed by atoms with E-state index in [4.69, 9.17) is 5.11 Å². The van der Waals surface area contributed by atoms with Crippen LogP contribution in [0.2, 0.25) is 0 Å². The fraction of sp³-hybridized carbons (Fsp3) is 0.556. The first-order valence-electron chi connectivity index (χ1n) is 4.29. The summed E-state index contributed by atoms with van der Waals surface area (Å²) in [6.45, 7) is 4.21. The predicted molar refractivity (Wildman–Crippen MR) is 51.7 cm³/mol. The van der Waals surface area contributed by atoms with Gasteiger partial charge in [-0.25, -0.2) is 0 Å². The average molecular weight is 181 g/mol. The van der Waals surface area contributed by atoms with Crippen LogP contribution >= 0.6 is 0 Å². The molecule has 0 aliphatic heterocycles. The highest BCUT2D eigenvalue weighted by Gasteiger charge is 2.05. The molecule has 0 saturated carbocycles. The van der Waals surface area contributed by atoms with Crippen molar-refractivity contribution in [2.75, 3.05) is 18.5 Å². The summed E-state index contributed by atoms with van der Waals surface area (Å²) in [6, 6.07) is 3.80. The van der Waals surface area contributed by atoms with E-state index in [2.05, 4.69) is 10.2 Å². The first-order chi connectivity index (χ1) is 6.09. The number of rotatable bonds is 3. The first-order valence-corrected chi connectivity index (χ1v) is 4.29. The number of anilines is 1. The van der Waals surface area contributed by atoms with Gasteiger partial charge in [0.05, 0.1) is 11.8 Å². The number of aryl methyl sites for hydroxylation is 1. The standard InChI is InChI=1S/C9H15N3O/c1-7-4-5-9(11-10-7)12(3)6-8(2)13/h4-5,8,13H,6H2,1-3H3. The van der Waals surface area contributed by atoms with Crippen LogP contribution in [-0.2, 0) is 0 Å². The molecule has 0 saturated heterocycles. The smallest absolute Gasteiger partial charge is 0.151 e. The van der Waals surface area contributed by atoms with Crippen LogP contribution in [0.1, 0.15) is 12.6 Å². The molecule has 4 heteroatoms. The van der Waals surface area contributed by atoms with Crippen LogP contribution in [0.5, 0.6) is 0 Å². The van der Waals surface area contributed by atoms with Crippen molar-refractivity contribution in [2.45, 2.75) is 20.0 Å². The van der Waals surface area contributed by atoms with Crippen LogP contribution in [-0.4, -0.2) is 35.0 Å². The summed E-state index contributed by atoms with van der Waals surface area (Å²) in [6.07, 6.45) is -0.354. The summed E-state index contributed by atoms with van der Waals surface area (Å²) in [5.41, 5.74) is 0.897. The van der Waals surface area contributed by atoms with E-state index < -0.39 is 0 Å². The fourth-order valence-electron chi connectivity index (χ4n) is 1.09. The normalized spacial score (nSPS) is 12.6. The van der Waals surface area contributed by atoms with E-state index in [1.165, 1.54) is 0 Å². The third-order valence-electron chi connectivity index (χ3n) is 1.71. The second-order valence-corrected chi connectivity index (χ2v) is 3.26. The summed E-state index contributed by atoms with van der Waals surface area (Å²) in [5.74, 6) is 0.784. The van der Waals surface area contributed by atoms with Gasteiger partial charge in [0.25, 0.3) is 0 Å². The van der Waals surface area contributed by atoms with Crippen LogP contribution in [0.15, 0.2) is 12.1 Å². The van der Waals surface area contributed by atoms with Gasteiger partial charge in [-0.15, -0.1) is 5.10 Å². The number of likely N-dealkylation sites (N-methyl/N-ethyl adjacent to an activating group) is 1. The van der Waals surface area contributed by atoms with Gasteiger partial charge in [-0.3, -0.25) is 0 Å². The lowest BCUT2D eigenvalue weighted by atomic mass is 10.3. The first kappa shape index (κ1) is 9.92. The number of hydrogen-bond donors (Lipinski definition) is 1. The second kappa shape index (κ2) is 4.18. The molecule has 1 rings (SSSR count). The molecule has 1 N–H and O–H groups in total. The van der Waals surface area contributed by atoms with E-state index in [0.717, 1.165) is 11.5 Å². The summed E-state index contributed by atoms with van der Waals surface area (Å²) >= 11 is 0. The van der Waals surface area contributed by atoms with E-state index >= 15 is 0 Å². The quantitative estimate of drug-likeness (QED) is 0.742. The summed E-state index contributed by atoms with van der Waals surface area (Å²) < 4.78 is 0. The van der Waals surface area contributed by atoms with Crippen LogP contribution in [0.25, 0.3) is 0 Å². The molecule has 1 heterocycles. The van der Waals surface area contributed by atoms with Crippen LogP contribution in [0.3, 0.4) is 0 Å². The van der Waals surface area contributed by atoms with Crippen molar-refractivity contribution in [2.24, 2.45) is 0 Å². The molecule has 0 fully saturated rings. The topological polar surface area (TPSA) is 49.2 Å². The highest BCUT2D eigenvalue weighted by molar-refractivity contribution is 5.35. The lowest BCUT2D eigenvalue weighted by molar-refractivity contribution is 0.201. The molecule has 0 spiro atoms. The van der Waals surface area contributed by atoms with Crippen molar-refractivity contribution in [1.82, 2.24) is 10.2 Å². The molecule has 1 atom stereocenters. The second-order valence-electron chi connectivity index (χ2n) is 3.26. The third-order valence-corrected chi connectivity index (χ3v) is 1.71. The number of aliphatic hydroxyl groups excluding tert-OH is 1. The molecule has 0 bridgehead atoms. The average Bonchev–Trinajstić information content (AvgIpc) is 2.04. The molecule has 1 unspecified atom stereocenters. The molecule has 0 aliphatic rings. The van der Waals surface area contributed by atoms with Gasteiger partial charge in [-0.2, -0.15) is 5.10 Å². The maximum atomic E-state index is 9.15. The molecule has 0 aliphatic carbocycles. The fourth-order valence-corrected chi connectivity index (χ4v) is 1.09. The molecule has 0 amide bonds. The van der Waals surface area contributed by atoms with Crippen molar-refractivity contribution in [3.63, 3.8) is 0 Å². The lowest BCUT2D eigenvalue weighted by Gasteiger charge is -2.18. The maximum Gasteiger partial charge on any atom is 0.151 e. The Morgan fingerprint density at radius 3 is 2.62 bits per heavy atom. The molecule has 13 heavy (non-hydrogen) atoms. The van der Waals surface area contributed by atoms with Crippen LogP contribution in [0, 0.1) is 6.92 Å². The summed E-state index contributed by atoms with van der Waals surface area (Å²) in [5, 5.41) is 17.1. The Bertz CT molecular complexity index is 258. The summed E-state index contributed by atoms with van der Waals surface area (Å²) in [4.78, 5) is 1.87. The Labute approximate surface area is 78.2 Å². The molecule has 0 radical (unpaired) electrons. The van der Waals surface area contributed by atoms with Crippen molar-refractivity contribution in [3.8, 4) is 0 Å². The number of aliphatic hydroxyl groups is 1.